The number of amides is 2. The highest BCUT2D eigenvalue weighted by Gasteiger charge is 2.13. The quantitative estimate of drug-likeness (QED) is 0.606. The van der Waals surface area contributed by atoms with Gasteiger partial charge in [0.15, 0.2) is 0 Å². The Kier molecular flexibility index (Phi) is 6.83. The van der Waals surface area contributed by atoms with Gasteiger partial charge in [-0.25, -0.2) is 9.97 Å². The number of benzene rings is 1. The van der Waals surface area contributed by atoms with Crippen molar-refractivity contribution in [3.8, 4) is 5.75 Å². The Morgan fingerprint density at radius 1 is 0.931 bits per heavy atom. The minimum Gasteiger partial charge on any atom is -0.497 e. The Labute approximate surface area is 168 Å². The molecule has 0 saturated heterocycles. The maximum absolute atomic E-state index is 12.4. The summed E-state index contributed by atoms with van der Waals surface area (Å²) in [6, 6.07) is 14.4. The molecule has 0 radical (unpaired) electrons. The van der Waals surface area contributed by atoms with E-state index in [0.29, 0.717) is 25.3 Å². The number of ether oxygens (including phenoxy) is 1. The van der Waals surface area contributed by atoms with Gasteiger partial charge in [0, 0.05) is 37.5 Å². The van der Waals surface area contributed by atoms with Gasteiger partial charge >= 0.3 is 0 Å². The zero-order valence-corrected chi connectivity index (χ0v) is 16.0. The van der Waals surface area contributed by atoms with E-state index in [2.05, 4.69) is 25.6 Å². The van der Waals surface area contributed by atoms with Crippen LogP contribution in [0.15, 0.2) is 61.1 Å². The van der Waals surface area contributed by atoms with Gasteiger partial charge in [0.2, 0.25) is 0 Å². The van der Waals surface area contributed by atoms with Crippen LogP contribution in [0, 0.1) is 0 Å². The number of carbonyl (C=O) groups is 2. The van der Waals surface area contributed by atoms with Crippen molar-refractivity contribution in [3.05, 3.63) is 83.7 Å². The molecular weight excluding hydrogens is 370 g/mol. The minimum atomic E-state index is -0.391. The first-order chi connectivity index (χ1) is 14.2. The zero-order valence-electron chi connectivity index (χ0n) is 16.0. The third-order valence-corrected chi connectivity index (χ3v) is 4.11. The van der Waals surface area contributed by atoms with Crippen LogP contribution in [0.25, 0.3) is 0 Å². The average Bonchev–Trinajstić information content (AvgIpc) is 2.78. The van der Waals surface area contributed by atoms with Crippen LogP contribution < -0.4 is 15.4 Å². The van der Waals surface area contributed by atoms with Crippen LogP contribution >= 0.6 is 0 Å². The summed E-state index contributed by atoms with van der Waals surface area (Å²) >= 11 is 0. The summed E-state index contributed by atoms with van der Waals surface area (Å²) in [5.74, 6) is -0.0497. The molecule has 2 heterocycles. The maximum atomic E-state index is 12.4. The molecule has 0 atom stereocenters. The highest BCUT2D eigenvalue weighted by Crippen LogP contribution is 2.12. The van der Waals surface area contributed by atoms with Crippen molar-refractivity contribution >= 4 is 11.8 Å². The molecule has 3 rings (SSSR count). The first-order valence-electron chi connectivity index (χ1n) is 9.07. The average molecular weight is 391 g/mol. The molecule has 8 nitrogen and oxygen atoms in total. The lowest BCUT2D eigenvalue weighted by atomic mass is 10.2. The van der Waals surface area contributed by atoms with Gasteiger partial charge in [0.1, 0.15) is 23.5 Å². The molecule has 29 heavy (non-hydrogen) atoms. The fourth-order valence-corrected chi connectivity index (χ4v) is 2.60. The van der Waals surface area contributed by atoms with Gasteiger partial charge in [0.25, 0.3) is 11.8 Å². The molecule has 0 aliphatic rings. The zero-order chi connectivity index (χ0) is 20.5. The van der Waals surface area contributed by atoms with Gasteiger partial charge in [-0.05, 0) is 29.8 Å². The third-order valence-electron chi connectivity index (χ3n) is 4.11. The van der Waals surface area contributed by atoms with Crippen molar-refractivity contribution in [3.63, 3.8) is 0 Å². The number of nitrogens with one attached hydrogen (secondary N) is 2. The largest absolute Gasteiger partial charge is 0.497 e. The van der Waals surface area contributed by atoms with Gasteiger partial charge in [-0.15, -0.1) is 0 Å². The van der Waals surface area contributed by atoms with E-state index in [1.807, 2.05) is 42.5 Å². The summed E-state index contributed by atoms with van der Waals surface area (Å²) in [5, 5.41) is 5.54. The maximum Gasteiger partial charge on any atom is 0.270 e. The Morgan fingerprint density at radius 2 is 1.72 bits per heavy atom. The topological polar surface area (TPSA) is 106 Å². The van der Waals surface area contributed by atoms with Gasteiger partial charge in [-0.2, -0.15) is 0 Å². The summed E-state index contributed by atoms with van der Waals surface area (Å²) in [7, 11) is 1.58. The number of pyridine rings is 1. The molecule has 2 aromatic heterocycles. The second-order valence-corrected chi connectivity index (χ2v) is 6.15. The minimum absolute atomic E-state index is 0.123. The van der Waals surface area contributed by atoms with Crippen LogP contribution in [0.2, 0.25) is 0 Å². The van der Waals surface area contributed by atoms with E-state index in [0.717, 1.165) is 11.3 Å². The normalized spacial score (nSPS) is 10.2. The predicted octanol–water partition coefficient (Wildman–Crippen LogP) is 1.78. The first kappa shape index (κ1) is 19.9. The standard InChI is InChI=1S/C21H21N5O3/c1-29-17-7-4-5-15(11-17)13-24-21(28)19-12-18(25-14-26-19)20(27)23-10-8-16-6-2-3-9-22-16/h2-7,9,11-12,14H,8,10,13H2,1H3,(H,23,27)(H,24,28). The Morgan fingerprint density at radius 3 is 2.45 bits per heavy atom. The van der Waals surface area contributed by atoms with Gasteiger partial charge in [0.05, 0.1) is 7.11 Å². The molecule has 0 saturated carbocycles. The van der Waals surface area contributed by atoms with Crippen LogP contribution in [0.5, 0.6) is 5.75 Å². The second-order valence-electron chi connectivity index (χ2n) is 6.15. The number of aromatic nitrogens is 3. The molecule has 0 aliphatic carbocycles. The van der Waals surface area contributed by atoms with Crippen molar-refractivity contribution < 1.29 is 14.3 Å². The monoisotopic (exact) mass is 391 g/mol. The second kappa shape index (κ2) is 9.93. The highest BCUT2D eigenvalue weighted by atomic mass is 16.5. The van der Waals surface area contributed by atoms with E-state index < -0.39 is 5.91 Å². The molecule has 0 fully saturated rings. The summed E-state index contributed by atoms with van der Waals surface area (Å²) < 4.78 is 5.17. The van der Waals surface area contributed by atoms with E-state index >= 15 is 0 Å². The van der Waals surface area contributed by atoms with Crippen LogP contribution in [-0.4, -0.2) is 40.4 Å². The third kappa shape index (κ3) is 5.83. The smallest absolute Gasteiger partial charge is 0.270 e. The molecule has 1 aromatic carbocycles. The Bertz CT molecular complexity index is 979. The molecular formula is C21H21N5O3. The van der Waals surface area contributed by atoms with Gasteiger partial charge < -0.3 is 15.4 Å². The molecule has 2 amide bonds. The highest BCUT2D eigenvalue weighted by molar-refractivity contribution is 5.97. The number of methoxy groups -OCH3 is 1. The number of rotatable bonds is 8. The number of carbonyl (C=O) groups excluding carboxylic acids is 2. The van der Waals surface area contributed by atoms with Crippen LogP contribution in [-0.2, 0) is 13.0 Å². The van der Waals surface area contributed by atoms with E-state index in [9.17, 15) is 9.59 Å². The van der Waals surface area contributed by atoms with E-state index in [-0.39, 0.29) is 17.3 Å². The lowest BCUT2D eigenvalue weighted by molar-refractivity contribution is 0.0945. The molecule has 3 aromatic rings. The lowest BCUT2D eigenvalue weighted by Crippen LogP contribution is -2.28. The molecule has 8 heteroatoms. The van der Waals surface area contributed by atoms with Crippen LogP contribution in [0.1, 0.15) is 32.2 Å². The summed E-state index contributed by atoms with van der Waals surface area (Å²) in [5.41, 5.74) is 2.03. The molecule has 2 N–H and O–H groups in total. The molecule has 0 bridgehead atoms. The van der Waals surface area contributed by atoms with Gasteiger partial charge in [-0.1, -0.05) is 18.2 Å². The summed E-state index contributed by atoms with van der Waals surface area (Å²) in [6.45, 7) is 0.725. The predicted molar refractivity (Wildman–Crippen MR) is 106 cm³/mol. The molecule has 0 spiro atoms. The SMILES string of the molecule is COc1cccc(CNC(=O)c2cc(C(=O)NCCc3ccccn3)ncn2)c1. The lowest BCUT2D eigenvalue weighted by Gasteiger charge is -2.08. The van der Waals surface area contributed by atoms with Crippen molar-refractivity contribution in [2.45, 2.75) is 13.0 Å². The van der Waals surface area contributed by atoms with E-state index in [4.69, 9.17) is 4.74 Å². The van der Waals surface area contributed by atoms with Crippen molar-refractivity contribution in [1.82, 2.24) is 25.6 Å². The van der Waals surface area contributed by atoms with E-state index in [1.54, 1.807) is 13.3 Å². The summed E-state index contributed by atoms with van der Waals surface area (Å²) in [6.07, 6.45) is 3.51. The van der Waals surface area contributed by atoms with Crippen LogP contribution in [0.3, 0.4) is 0 Å². The first-order valence-corrected chi connectivity index (χ1v) is 9.07. The fourth-order valence-electron chi connectivity index (χ4n) is 2.60. The number of hydrogen-bond acceptors (Lipinski definition) is 6. The molecule has 0 aliphatic heterocycles. The van der Waals surface area contributed by atoms with Crippen molar-refractivity contribution in [1.29, 1.82) is 0 Å². The summed E-state index contributed by atoms with van der Waals surface area (Å²) in [4.78, 5) is 36.8. The Hall–Kier alpha value is -3.81. The van der Waals surface area contributed by atoms with E-state index in [1.165, 1.54) is 12.4 Å². The fraction of sp³-hybridized carbons (Fsp3) is 0.190. The number of hydrogen-bond donors (Lipinski definition) is 2. The number of nitrogens with zero attached hydrogens (tertiary/aromatic N) is 3. The molecule has 0 unspecified atom stereocenters. The van der Waals surface area contributed by atoms with Crippen LogP contribution in [0.4, 0.5) is 0 Å². The molecule has 148 valence electrons. The Balaban J connectivity index is 1.54. The van der Waals surface area contributed by atoms with Gasteiger partial charge in [-0.3, -0.25) is 14.6 Å². The van der Waals surface area contributed by atoms with Crippen molar-refractivity contribution in [2.75, 3.05) is 13.7 Å². The van der Waals surface area contributed by atoms with Crippen molar-refractivity contribution in [2.24, 2.45) is 0 Å².